The molecule has 1 N–H and O–H groups in total. The number of esters is 1. The first kappa shape index (κ1) is 17.6. The molecule has 0 radical (unpaired) electrons. The van der Waals surface area contributed by atoms with Gasteiger partial charge in [0.1, 0.15) is 5.60 Å². The summed E-state index contributed by atoms with van der Waals surface area (Å²) < 4.78 is 48.0. The van der Waals surface area contributed by atoms with Gasteiger partial charge in [-0.1, -0.05) is 0 Å². The van der Waals surface area contributed by atoms with Gasteiger partial charge in [0.05, 0.1) is 17.9 Å². The Kier molecular flexibility index (Phi) is 4.80. The second-order valence-corrected chi connectivity index (χ2v) is 6.03. The van der Waals surface area contributed by atoms with Crippen molar-refractivity contribution in [3.8, 4) is 0 Å². The molecule has 5 nitrogen and oxygen atoms in total. The molecule has 0 aromatic heterocycles. The van der Waals surface area contributed by atoms with Gasteiger partial charge in [-0.05, 0) is 34.1 Å². The molecule has 0 heterocycles. The fourth-order valence-corrected chi connectivity index (χ4v) is 2.05. The summed E-state index contributed by atoms with van der Waals surface area (Å²) in [6.45, 7) is 5.93. The largest absolute Gasteiger partial charge is 0.466 e. The van der Waals surface area contributed by atoms with Gasteiger partial charge < -0.3 is 14.8 Å². The molecule has 0 unspecified atom stereocenters. The number of halogens is 3. The molecule has 8 heteroatoms. The van der Waals surface area contributed by atoms with Gasteiger partial charge in [-0.3, -0.25) is 4.79 Å². The number of amides is 1. The van der Waals surface area contributed by atoms with Crippen LogP contribution in [-0.4, -0.2) is 37.0 Å². The summed E-state index contributed by atoms with van der Waals surface area (Å²) in [6.07, 6.45) is -5.74. The monoisotopic (exact) mass is 311 g/mol. The molecule has 0 bridgehead atoms. The van der Waals surface area contributed by atoms with Crippen molar-refractivity contribution in [1.29, 1.82) is 0 Å². The van der Waals surface area contributed by atoms with Crippen LogP contribution < -0.4 is 5.32 Å². The van der Waals surface area contributed by atoms with Crippen LogP contribution in [0.5, 0.6) is 0 Å². The first-order valence-corrected chi connectivity index (χ1v) is 6.63. The Balaban J connectivity index is 2.70. The van der Waals surface area contributed by atoms with Crippen LogP contribution in [-0.2, 0) is 14.3 Å². The van der Waals surface area contributed by atoms with E-state index in [1.54, 1.807) is 20.8 Å². The molecule has 0 saturated heterocycles. The van der Waals surface area contributed by atoms with Crippen molar-refractivity contribution in [2.24, 2.45) is 11.3 Å². The number of ether oxygens (including phenoxy) is 2. The maximum atomic E-state index is 12.8. The van der Waals surface area contributed by atoms with E-state index in [1.165, 1.54) is 6.92 Å². The third-order valence-electron chi connectivity index (χ3n) is 3.10. The molecule has 1 fully saturated rings. The molecule has 122 valence electrons. The Morgan fingerprint density at radius 1 is 1.29 bits per heavy atom. The zero-order valence-corrected chi connectivity index (χ0v) is 12.5. The molecule has 1 rings (SSSR count). The minimum Gasteiger partial charge on any atom is -0.466 e. The Bertz CT molecular complexity index is 417. The number of carbonyl (C=O) groups is 2. The van der Waals surface area contributed by atoms with Crippen LogP contribution in [0.25, 0.3) is 0 Å². The molecule has 0 aromatic rings. The summed E-state index contributed by atoms with van der Waals surface area (Å²) >= 11 is 0. The van der Waals surface area contributed by atoms with Crippen LogP contribution in [0.3, 0.4) is 0 Å². The van der Waals surface area contributed by atoms with Crippen LogP contribution in [0.2, 0.25) is 0 Å². The van der Waals surface area contributed by atoms with E-state index >= 15 is 0 Å². The van der Waals surface area contributed by atoms with Gasteiger partial charge in [-0.25, -0.2) is 4.79 Å². The second-order valence-electron chi connectivity index (χ2n) is 6.03. The van der Waals surface area contributed by atoms with E-state index in [1.807, 2.05) is 0 Å². The van der Waals surface area contributed by atoms with Gasteiger partial charge >= 0.3 is 18.2 Å². The first-order valence-electron chi connectivity index (χ1n) is 6.63. The van der Waals surface area contributed by atoms with E-state index in [0.717, 1.165) is 0 Å². The lowest BCUT2D eigenvalue weighted by Crippen LogP contribution is -2.40. The zero-order chi connectivity index (χ0) is 16.5. The lowest BCUT2D eigenvalue weighted by atomic mass is 10.0. The van der Waals surface area contributed by atoms with Crippen molar-refractivity contribution in [1.82, 2.24) is 5.32 Å². The predicted octanol–water partition coefficient (Wildman–Crippen LogP) is 2.64. The van der Waals surface area contributed by atoms with Crippen LogP contribution in [0, 0.1) is 11.3 Å². The number of hydrogen-bond donors (Lipinski definition) is 1. The normalized spacial score (nSPS) is 25.2. The minimum atomic E-state index is -4.50. The van der Waals surface area contributed by atoms with Gasteiger partial charge in [0.15, 0.2) is 0 Å². The molecule has 1 aliphatic rings. The smallest absolute Gasteiger partial charge is 0.407 e. The summed E-state index contributed by atoms with van der Waals surface area (Å²) in [5.74, 6) is -2.73. The summed E-state index contributed by atoms with van der Waals surface area (Å²) in [5.41, 5.74) is -2.50. The number of hydrogen-bond acceptors (Lipinski definition) is 4. The number of nitrogens with one attached hydrogen (secondary N) is 1. The zero-order valence-electron chi connectivity index (χ0n) is 12.5. The third kappa shape index (κ3) is 4.50. The molecule has 0 aromatic carbocycles. The van der Waals surface area contributed by atoms with Crippen LogP contribution in [0.1, 0.15) is 34.1 Å². The van der Waals surface area contributed by atoms with Gasteiger partial charge in [0, 0.05) is 6.54 Å². The Hall–Kier alpha value is -1.47. The number of alkyl halides is 3. The average molecular weight is 311 g/mol. The highest BCUT2D eigenvalue weighted by Gasteiger charge is 2.71. The van der Waals surface area contributed by atoms with E-state index in [-0.39, 0.29) is 13.0 Å². The summed E-state index contributed by atoms with van der Waals surface area (Å²) in [5, 5.41) is 2.22. The number of rotatable bonds is 4. The standard InChI is InChI=1S/C13H20F3NO4/c1-5-20-9(18)12(6-8(12)13(14,15)16)7-17-10(19)21-11(2,3)4/h8H,5-7H2,1-4H3,(H,17,19)/t8-,12+/m1/s1. The molecule has 21 heavy (non-hydrogen) atoms. The molecule has 0 aliphatic heterocycles. The maximum Gasteiger partial charge on any atom is 0.407 e. The van der Waals surface area contributed by atoms with Crippen molar-refractivity contribution >= 4 is 12.1 Å². The van der Waals surface area contributed by atoms with Crippen LogP contribution in [0.15, 0.2) is 0 Å². The lowest BCUT2D eigenvalue weighted by Gasteiger charge is -2.22. The summed E-state index contributed by atoms with van der Waals surface area (Å²) in [7, 11) is 0. The number of alkyl carbamates (subject to hydrolysis) is 1. The molecule has 1 saturated carbocycles. The Labute approximate surface area is 121 Å². The quantitative estimate of drug-likeness (QED) is 0.811. The van der Waals surface area contributed by atoms with Gasteiger partial charge in [-0.2, -0.15) is 13.2 Å². The van der Waals surface area contributed by atoms with Crippen molar-refractivity contribution < 1.29 is 32.2 Å². The number of carbonyl (C=O) groups excluding carboxylic acids is 2. The highest BCUT2D eigenvalue weighted by atomic mass is 19.4. The summed E-state index contributed by atoms with van der Waals surface area (Å²) in [4.78, 5) is 23.3. The lowest BCUT2D eigenvalue weighted by molar-refractivity contribution is -0.171. The molecule has 0 spiro atoms. The molecule has 1 aliphatic carbocycles. The molecular weight excluding hydrogens is 291 g/mol. The maximum absolute atomic E-state index is 12.8. The van der Waals surface area contributed by atoms with Crippen molar-refractivity contribution in [2.45, 2.75) is 45.9 Å². The molecule has 1 amide bonds. The highest BCUT2D eigenvalue weighted by Crippen LogP contribution is 2.60. The highest BCUT2D eigenvalue weighted by molar-refractivity contribution is 5.82. The van der Waals surface area contributed by atoms with Gasteiger partial charge in [-0.15, -0.1) is 0 Å². The first-order chi connectivity index (χ1) is 9.42. The van der Waals surface area contributed by atoms with Gasteiger partial charge in [0.2, 0.25) is 0 Å². The van der Waals surface area contributed by atoms with E-state index in [9.17, 15) is 22.8 Å². The minimum absolute atomic E-state index is 0.0163. The fraction of sp³-hybridized carbons (Fsp3) is 0.846. The molecular formula is C13H20F3NO4. The summed E-state index contributed by atoms with van der Waals surface area (Å²) in [6, 6.07) is 0. The fourth-order valence-electron chi connectivity index (χ4n) is 2.05. The van der Waals surface area contributed by atoms with Crippen molar-refractivity contribution in [3.63, 3.8) is 0 Å². The van der Waals surface area contributed by atoms with E-state index < -0.39 is 41.7 Å². The Morgan fingerprint density at radius 3 is 2.24 bits per heavy atom. The van der Waals surface area contributed by atoms with Crippen molar-refractivity contribution in [3.05, 3.63) is 0 Å². The SMILES string of the molecule is CCOC(=O)[C@]1(CNC(=O)OC(C)(C)C)C[C@H]1C(F)(F)F. The predicted molar refractivity (Wildman–Crippen MR) is 67.5 cm³/mol. The van der Waals surface area contributed by atoms with E-state index in [0.29, 0.717) is 0 Å². The van der Waals surface area contributed by atoms with E-state index in [2.05, 4.69) is 5.32 Å². The Morgan fingerprint density at radius 2 is 1.86 bits per heavy atom. The van der Waals surface area contributed by atoms with E-state index in [4.69, 9.17) is 9.47 Å². The van der Waals surface area contributed by atoms with Crippen LogP contribution in [0.4, 0.5) is 18.0 Å². The van der Waals surface area contributed by atoms with Crippen molar-refractivity contribution in [2.75, 3.05) is 13.2 Å². The van der Waals surface area contributed by atoms with Gasteiger partial charge in [0.25, 0.3) is 0 Å². The third-order valence-corrected chi connectivity index (χ3v) is 3.10. The average Bonchev–Trinajstić information content (AvgIpc) is 3.00. The topological polar surface area (TPSA) is 64.6 Å². The van der Waals surface area contributed by atoms with Crippen LogP contribution >= 0.6 is 0 Å². The molecule has 2 atom stereocenters. The second kappa shape index (κ2) is 5.73.